The molecule has 1 aromatic rings. The lowest BCUT2D eigenvalue weighted by Gasteiger charge is -2.20. The Kier molecular flexibility index (Phi) is 5.70. The van der Waals surface area contributed by atoms with E-state index in [1.165, 1.54) is 24.3 Å². The fourth-order valence-corrected chi connectivity index (χ4v) is 1.60. The van der Waals surface area contributed by atoms with Gasteiger partial charge in [0, 0.05) is 25.4 Å². The second-order valence-corrected chi connectivity index (χ2v) is 4.04. The number of nitrogens with one attached hydrogen (secondary N) is 1. The fraction of sp³-hybridized carbons (Fsp3) is 0.500. The lowest BCUT2D eigenvalue weighted by molar-refractivity contribution is -0.141. The van der Waals surface area contributed by atoms with E-state index in [0.717, 1.165) is 4.57 Å². The van der Waals surface area contributed by atoms with Gasteiger partial charge in [0.2, 0.25) is 5.91 Å². The van der Waals surface area contributed by atoms with E-state index < -0.39 is 17.2 Å². The molecular formula is C12H17N3O5. The molecule has 8 heteroatoms. The largest absolute Gasteiger partial charge is 0.469 e. The molecule has 1 aromatic heterocycles. The van der Waals surface area contributed by atoms with Gasteiger partial charge in [0.15, 0.2) is 0 Å². The highest BCUT2D eigenvalue weighted by Crippen LogP contribution is 1.96. The third-order valence-corrected chi connectivity index (χ3v) is 2.75. The van der Waals surface area contributed by atoms with Gasteiger partial charge in [-0.15, -0.1) is 0 Å². The van der Waals surface area contributed by atoms with E-state index in [-0.39, 0.29) is 25.4 Å². The quantitative estimate of drug-likeness (QED) is 0.671. The first kappa shape index (κ1) is 15.7. The molecule has 8 nitrogen and oxygen atoms in total. The van der Waals surface area contributed by atoms with Gasteiger partial charge < -0.3 is 9.64 Å². The van der Waals surface area contributed by atoms with Crippen LogP contribution >= 0.6 is 0 Å². The molecule has 110 valence electrons. The van der Waals surface area contributed by atoms with Crippen molar-refractivity contribution in [2.75, 3.05) is 20.2 Å². The number of esters is 1. The Labute approximate surface area is 115 Å². The van der Waals surface area contributed by atoms with Gasteiger partial charge in [-0.1, -0.05) is 0 Å². The highest BCUT2D eigenvalue weighted by Gasteiger charge is 2.14. The van der Waals surface area contributed by atoms with Crippen molar-refractivity contribution in [1.82, 2.24) is 14.5 Å². The minimum Gasteiger partial charge on any atom is -0.469 e. The molecule has 0 aliphatic carbocycles. The number of methoxy groups -OCH3 is 1. The first-order valence-electron chi connectivity index (χ1n) is 6.12. The van der Waals surface area contributed by atoms with Crippen LogP contribution in [-0.4, -0.2) is 46.5 Å². The van der Waals surface area contributed by atoms with E-state index in [9.17, 15) is 19.2 Å². The van der Waals surface area contributed by atoms with Gasteiger partial charge in [-0.05, 0) is 6.92 Å². The summed E-state index contributed by atoms with van der Waals surface area (Å²) in [6.07, 6.45) is 1.35. The molecule has 0 saturated heterocycles. The number of H-pyrrole nitrogens is 1. The second kappa shape index (κ2) is 7.27. The van der Waals surface area contributed by atoms with Crippen LogP contribution in [-0.2, 0) is 20.9 Å². The smallest absolute Gasteiger partial charge is 0.328 e. The molecule has 20 heavy (non-hydrogen) atoms. The number of hydrogen-bond acceptors (Lipinski definition) is 5. The predicted octanol–water partition coefficient (Wildman–Crippen LogP) is -1.05. The molecule has 0 fully saturated rings. The highest BCUT2D eigenvalue weighted by molar-refractivity contribution is 5.77. The Morgan fingerprint density at radius 2 is 2.10 bits per heavy atom. The molecule has 0 bridgehead atoms. The summed E-state index contributed by atoms with van der Waals surface area (Å²) in [6, 6.07) is 1.17. The van der Waals surface area contributed by atoms with Gasteiger partial charge in [-0.25, -0.2) is 4.79 Å². The van der Waals surface area contributed by atoms with Crippen molar-refractivity contribution in [3.05, 3.63) is 33.1 Å². The Morgan fingerprint density at radius 3 is 2.65 bits per heavy atom. The maximum absolute atomic E-state index is 12.0. The third-order valence-electron chi connectivity index (χ3n) is 2.75. The summed E-state index contributed by atoms with van der Waals surface area (Å²) in [5, 5.41) is 0. The molecule has 0 unspecified atom stereocenters. The molecule has 0 aliphatic rings. The number of carbonyl (C=O) groups excluding carboxylic acids is 2. The number of aromatic amines is 1. The van der Waals surface area contributed by atoms with Gasteiger partial charge in [-0.2, -0.15) is 0 Å². The fourth-order valence-electron chi connectivity index (χ4n) is 1.60. The monoisotopic (exact) mass is 283 g/mol. The van der Waals surface area contributed by atoms with E-state index in [0.29, 0.717) is 6.54 Å². The van der Waals surface area contributed by atoms with Crippen LogP contribution in [0.1, 0.15) is 13.3 Å². The molecule has 0 aliphatic heterocycles. The summed E-state index contributed by atoms with van der Waals surface area (Å²) in [5.74, 6) is -0.719. The zero-order valence-electron chi connectivity index (χ0n) is 11.4. The van der Waals surface area contributed by atoms with Crippen LogP contribution in [0.4, 0.5) is 0 Å². The molecule has 0 spiro atoms. The number of aromatic nitrogens is 2. The Morgan fingerprint density at radius 1 is 1.40 bits per heavy atom. The maximum Gasteiger partial charge on any atom is 0.328 e. The Bertz CT molecular complexity index is 589. The van der Waals surface area contributed by atoms with Crippen molar-refractivity contribution in [3.63, 3.8) is 0 Å². The van der Waals surface area contributed by atoms with Gasteiger partial charge in [0.1, 0.15) is 6.54 Å². The standard InChI is InChI=1S/C12H17N3O5/c1-3-14(7-5-11(18)20-2)10(17)8-15-6-4-9(16)13-12(15)19/h4,6H,3,5,7-8H2,1-2H3,(H,13,16,19). The first-order chi connectivity index (χ1) is 9.47. The zero-order chi connectivity index (χ0) is 15.1. The van der Waals surface area contributed by atoms with Crippen LogP contribution in [0.5, 0.6) is 0 Å². The van der Waals surface area contributed by atoms with Crippen LogP contribution in [0.25, 0.3) is 0 Å². The zero-order valence-corrected chi connectivity index (χ0v) is 11.4. The number of carbonyl (C=O) groups is 2. The van der Waals surface area contributed by atoms with Gasteiger partial charge in [0.25, 0.3) is 5.56 Å². The van der Waals surface area contributed by atoms with Gasteiger partial charge in [-0.3, -0.25) is 23.9 Å². The lowest BCUT2D eigenvalue weighted by Crippen LogP contribution is -2.39. The minimum atomic E-state index is -0.644. The van der Waals surface area contributed by atoms with Crippen LogP contribution in [0.15, 0.2) is 21.9 Å². The SMILES string of the molecule is CCN(CCC(=O)OC)C(=O)Cn1ccc(=O)[nH]c1=O. The maximum atomic E-state index is 12.0. The second-order valence-electron chi connectivity index (χ2n) is 4.04. The molecule has 1 heterocycles. The molecule has 0 atom stereocenters. The number of likely N-dealkylation sites (N-methyl/N-ethyl adjacent to an activating group) is 1. The van der Waals surface area contributed by atoms with Crippen molar-refractivity contribution >= 4 is 11.9 Å². The highest BCUT2D eigenvalue weighted by atomic mass is 16.5. The summed E-state index contributed by atoms with van der Waals surface area (Å²) in [4.78, 5) is 48.9. The normalized spacial score (nSPS) is 10.1. The molecule has 1 rings (SSSR count). The summed E-state index contributed by atoms with van der Waals surface area (Å²) < 4.78 is 5.61. The minimum absolute atomic E-state index is 0.0939. The lowest BCUT2D eigenvalue weighted by atomic mass is 10.3. The van der Waals surface area contributed by atoms with E-state index in [1.807, 2.05) is 0 Å². The topological polar surface area (TPSA) is 101 Å². The molecule has 1 N–H and O–H groups in total. The van der Waals surface area contributed by atoms with E-state index in [1.54, 1.807) is 6.92 Å². The van der Waals surface area contributed by atoms with E-state index in [4.69, 9.17) is 0 Å². The van der Waals surface area contributed by atoms with Crippen LogP contribution in [0.3, 0.4) is 0 Å². The predicted molar refractivity (Wildman–Crippen MR) is 70.2 cm³/mol. The Balaban J connectivity index is 2.69. The average molecular weight is 283 g/mol. The van der Waals surface area contributed by atoms with Crippen molar-refractivity contribution in [2.45, 2.75) is 19.9 Å². The number of hydrogen-bond donors (Lipinski definition) is 1. The van der Waals surface area contributed by atoms with Gasteiger partial charge in [0.05, 0.1) is 13.5 Å². The van der Waals surface area contributed by atoms with Crippen molar-refractivity contribution < 1.29 is 14.3 Å². The summed E-state index contributed by atoms with van der Waals surface area (Å²) in [5.41, 5.74) is -1.16. The molecule has 1 amide bonds. The van der Waals surface area contributed by atoms with Crippen molar-refractivity contribution in [3.8, 4) is 0 Å². The third kappa shape index (κ3) is 4.38. The number of nitrogens with zero attached hydrogens (tertiary/aromatic N) is 2. The van der Waals surface area contributed by atoms with Crippen molar-refractivity contribution in [1.29, 1.82) is 0 Å². The van der Waals surface area contributed by atoms with Crippen LogP contribution < -0.4 is 11.2 Å². The van der Waals surface area contributed by atoms with Crippen molar-refractivity contribution in [2.24, 2.45) is 0 Å². The molecular weight excluding hydrogens is 266 g/mol. The molecule has 0 aromatic carbocycles. The number of amides is 1. The summed E-state index contributed by atoms with van der Waals surface area (Å²) >= 11 is 0. The average Bonchev–Trinajstić information content (AvgIpc) is 2.42. The van der Waals surface area contributed by atoms with Crippen LogP contribution in [0.2, 0.25) is 0 Å². The number of ether oxygens (including phenoxy) is 1. The summed E-state index contributed by atoms with van der Waals surface area (Å²) in [7, 11) is 1.28. The Hall–Kier alpha value is -2.38. The first-order valence-corrected chi connectivity index (χ1v) is 6.12. The molecule has 0 radical (unpaired) electrons. The van der Waals surface area contributed by atoms with Crippen LogP contribution in [0, 0.1) is 0 Å². The number of rotatable bonds is 6. The molecule has 0 saturated carbocycles. The van der Waals surface area contributed by atoms with Gasteiger partial charge >= 0.3 is 11.7 Å². The summed E-state index contributed by atoms with van der Waals surface area (Å²) in [6.45, 7) is 2.21. The van der Waals surface area contributed by atoms with E-state index in [2.05, 4.69) is 9.72 Å². The van der Waals surface area contributed by atoms with E-state index >= 15 is 0 Å².